The third kappa shape index (κ3) is 2.96. The van der Waals surface area contributed by atoms with Crippen LogP contribution in [0.3, 0.4) is 0 Å². The van der Waals surface area contributed by atoms with Crippen molar-refractivity contribution in [2.24, 2.45) is 0 Å². The number of hydrogen-bond donors (Lipinski definition) is 0. The smallest absolute Gasteiger partial charge is 0.00259 e. The molecule has 0 N–H and O–H groups in total. The highest BCUT2D eigenvalue weighted by molar-refractivity contribution is 6.33. The molecule has 0 heterocycles. The predicted octanol–water partition coefficient (Wildman–Crippen LogP) is 12.0. The molecule has 0 aliphatic heterocycles. The second kappa shape index (κ2) is 8.06. The van der Waals surface area contributed by atoms with Gasteiger partial charge in [-0.2, -0.15) is 0 Å². The first-order valence-corrected chi connectivity index (χ1v) is 14.7. The Morgan fingerprint density at radius 2 is 0.690 bits per heavy atom. The van der Waals surface area contributed by atoms with Crippen molar-refractivity contribution >= 4 is 86.2 Å². The molecule has 10 aromatic rings. The Labute approximate surface area is 242 Å². The van der Waals surface area contributed by atoms with Crippen molar-refractivity contribution in [3.05, 3.63) is 146 Å². The van der Waals surface area contributed by atoms with Crippen LogP contribution in [0.25, 0.3) is 97.3 Å². The van der Waals surface area contributed by atoms with Gasteiger partial charge in [0.1, 0.15) is 0 Å². The average molecular weight is 529 g/mol. The number of rotatable bonds is 1. The summed E-state index contributed by atoms with van der Waals surface area (Å²) in [6.45, 7) is 0. The van der Waals surface area contributed by atoms with E-state index in [9.17, 15) is 0 Å². The minimum atomic E-state index is 1.25. The summed E-state index contributed by atoms with van der Waals surface area (Å²) >= 11 is 0. The van der Waals surface area contributed by atoms with Crippen LogP contribution in [0.1, 0.15) is 0 Å². The molecule has 0 aliphatic carbocycles. The maximum Gasteiger partial charge on any atom is -0.00259 e. The van der Waals surface area contributed by atoms with Crippen molar-refractivity contribution in [2.75, 3.05) is 0 Å². The molecular weight excluding hydrogens is 504 g/mol. The van der Waals surface area contributed by atoms with Gasteiger partial charge in [-0.1, -0.05) is 115 Å². The van der Waals surface area contributed by atoms with Crippen LogP contribution in [-0.4, -0.2) is 0 Å². The summed E-state index contributed by atoms with van der Waals surface area (Å²) in [7, 11) is 0. The Balaban J connectivity index is 1.27. The molecule has 0 fully saturated rings. The molecule has 10 rings (SSSR count). The Hall–Kier alpha value is -5.46. The van der Waals surface area contributed by atoms with Gasteiger partial charge < -0.3 is 0 Å². The zero-order valence-corrected chi connectivity index (χ0v) is 22.9. The Morgan fingerprint density at radius 1 is 0.214 bits per heavy atom. The minimum absolute atomic E-state index is 1.25. The minimum Gasteiger partial charge on any atom is -0.0616 e. The molecule has 0 atom stereocenters. The van der Waals surface area contributed by atoms with Crippen LogP contribution < -0.4 is 0 Å². The lowest BCUT2D eigenvalue weighted by Gasteiger charge is -2.16. The van der Waals surface area contributed by atoms with Gasteiger partial charge in [-0.15, -0.1) is 0 Å². The average Bonchev–Trinajstić information content (AvgIpc) is 3.05. The van der Waals surface area contributed by atoms with Gasteiger partial charge in [-0.3, -0.25) is 0 Å². The molecule has 0 saturated heterocycles. The van der Waals surface area contributed by atoms with E-state index in [1.165, 1.54) is 97.3 Å². The molecular formula is C42H24. The molecule has 0 bridgehead atoms. The van der Waals surface area contributed by atoms with Crippen LogP contribution in [0.2, 0.25) is 0 Å². The fraction of sp³-hybridized carbons (Fsp3) is 0. The second-order valence-electron chi connectivity index (χ2n) is 11.7. The lowest BCUT2D eigenvalue weighted by molar-refractivity contribution is 1.71. The number of benzene rings is 10. The van der Waals surface area contributed by atoms with Gasteiger partial charge in [0.2, 0.25) is 0 Å². The van der Waals surface area contributed by atoms with Crippen molar-refractivity contribution in [3.63, 3.8) is 0 Å². The molecule has 0 nitrogen and oxygen atoms in total. The Kier molecular flexibility index (Phi) is 4.27. The van der Waals surface area contributed by atoms with E-state index in [0.717, 1.165) is 0 Å². The first kappa shape index (κ1) is 22.3. The van der Waals surface area contributed by atoms with Crippen LogP contribution in [0.15, 0.2) is 146 Å². The summed E-state index contributed by atoms with van der Waals surface area (Å²) in [6.07, 6.45) is 0. The molecule has 42 heavy (non-hydrogen) atoms. The highest BCUT2D eigenvalue weighted by Gasteiger charge is 2.15. The highest BCUT2D eigenvalue weighted by atomic mass is 14.2. The van der Waals surface area contributed by atoms with Crippen LogP contribution >= 0.6 is 0 Å². The molecule has 0 radical (unpaired) electrons. The molecule has 0 aromatic heterocycles. The van der Waals surface area contributed by atoms with Gasteiger partial charge in [0, 0.05) is 0 Å². The summed E-state index contributed by atoms with van der Waals surface area (Å²) in [4.78, 5) is 0. The van der Waals surface area contributed by atoms with Crippen LogP contribution in [0, 0.1) is 0 Å². The van der Waals surface area contributed by atoms with Crippen molar-refractivity contribution in [2.45, 2.75) is 0 Å². The van der Waals surface area contributed by atoms with Crippen LogP contribution in [-0.2, 0) is 0 Å². The Morgan fingerprint density at radius 3 is 1.45 bits per heavy atom. The zero-order chi connectivity index (χ0) is 27.4. The largest absolute Gasteiger partial charge is 0.0616 e. The Bertz CT molecular complexity index is 2720. The SMILES string of the molecule is c1ccc2c(c1)ccc1cc3c(ccc4ccc(-c5cc6cccc7c8cccc9cccc(c(c5)c67)c98)cc43)cc12. The normalized spacial score (nSPS) is 12.3. The maximum absolute atomic E-state index is 2.42. The van der Waals surface area contributed by atoms with E-state index in [2.05, 4.69) is 146 Å². The van der Waals surface area contributed by atoms with Gasteiger partial charge in [0.15, 0.2) is 0 Å². The van der Waals surface area contributed by atoms with E-state index in [4.69, 9.17) is 0 Å². The summed E-state index contributed by atoms with van der Waals surface area (Å²) < 4.78 is 0. The van der Waals surface area contributed by atoms with Gasteiger partial charge in [0.25, 0.3) is 0 Å². The summed E-state index contributed by atoms with van der Waals surface area (Å²) in [6, 6.07) is 54.5. The topological polar surface area (TPSA) is 0 Å². The van der Waals surface area contributed by atoms with Crippen molar-refractivity contribution < 1.29 is 0 Å². The second-order valence-corrected chi connectivity index (χ2v) is 11.7. The zero-order valence-electron chi connectivity index (χ0n) is 22.9. The van der Waals surface area contributed by atoms with Gasteiger partial charge in [0.05, 0.1) is 0 Å². The lowest BCUT2D eigenvalue weighted by atomic mass is 9.87. The predicted molar refractivity (Wildman–Crippen MR) is 183 cm³/mol. The van der Waals surface area contributed by atoms with Gasteiger partial charge in [-0.05, 0) is 128 Å². The van der Waals surface area contributed by atoms with E-state index in [-0.39, 0.29) is 0 Å². The molecule has 10 aromatic carbocycles. The van der Waals surface area contributed by atoms with Crippen molar-refractivity contribution in [3.8, 4) is 11.1 Å². The molecule has 0 amide bonds. The highest BCUT2D eigenvalue weighted by Crippen LogP contribution is 2.42. The van der Waals surface area contributed by atoms with Gasteiger partial charge >= 0.3 is 0 Å². The lowest BCUT2D eigenvalue weighted by Crippen LogP contribution is -1.88. The monoisotopic (exact) mass is 528 g/mol. The standard InChI is InChI=1S/C42H24/c1-2-10-33-25(6-1)15-18-29-23-39-30(22-38(29)33)19-16-26-14-17-28(21-37(26)39)32-20-31-9-5-12-35-34-11-3-7-27-8-4-13-36(41(27)34)40(24-32)42(31)35/h1-24H. The quantitative estimate of drug-likeness (QED) is 0.147. The summed E-state index contributed by atoms with van der Waals surface area (Å²) in [5.41, 5.74) is 2.51. The van der Waals surface area contributed by atoms with E-state index in [0.29, 0.717) is 0 Å². The molecule has 0 spiro atoms. The maximum atomic E-state index is 2.42. The van der Waals surface area contributed by atoms with Crippen LogP contribution in [0.4, 0.5) is 0 Å². The summed E-state index contributed by atoms with van der Waals surface area (Å²) in [5, 5.41) is 21.0. The molecule has 0 unspecified atom stereocenters. The number of hydrogen-bond acceptors (Lipinski definition) is 0. The third-order valence-corrected chi connectivity index (χ3v) is 9.50. The molecule has 0 heteroatoms. The van der Waals surface area contributed by atoms with Crippen LogP contribution in [0.5, 0.6) is 0 Å². The van der Waals surface area contributed by atoms with E-state index >= 15 is 0 Å². The molecule has 0 saturated carbocycles. The third-order valence-electron chi connectivity index (χ3n) is 9.50. The number of fused-ring (bicyclic) bond motifs is 8. The fourth-order valence-electron chi connectivity index (χ4n) is 7.56. The van der Waals surface area contributed by atoms with Crippen molar-refractivity contribution in [1.29, 1.82) is 0 Å². The first-order chi connectivity index (χ1) is 20.8. The van der Waals surface area contributed by atoms with E-state index in [1.54, 1.807) is 0 Å². The van der Waals surface area contributed by atoms with E-state index < -0.39 is 0 Å². The fourth-order valence-corrected chi connectivity index (χ4v) is 7.56. The van der Waals surface area contributed by atoms with E-state index in [1.807, 2.05) is 0 Å². The molecule has 0 aliphatic rings. The summed E-state index contributed by atoms with van der Waals surface area (Å²) in [5.74, 6) is 0. The van der Waals surface area contributed by atoms with Crippen molar-refractivity contribution in [1.82, 2.24) is 0 Å². The molecule has 192 valence electrons. The first-order valence-electron chi connectivity index (χ1n) is 14.7. The van der Waals surface area contributed by atoms with Gasteiger partial charge in [-0.25, -0.2) is 0 Å².